The van der Waals surface area contributed by atoms with Crippen LogP contribution in [-0.4, -0.2) is 45.1 Å². The SMILES string of the molecule is COc1ccc(CN2NC(c3nnc4c(n3)NC(=O)C4(C)C)=C3C=C(F)C=NC32C)cc1. The van der Waals surface area contributed by atoms with Crippen molar-refractivity contribution >= 4 is 23.6 Å². The lowest BCUT2D eigenvalue weighted by atomic mass is 9.91. The molecule has 32 heavy (non-hydrogen) atoms. The zero-order valence-electron chi connectivity index (χ0n) is 18.1. The molecule has 10 heteroatoms. The van der Waals surface area contributed by atoms with Gasteiger partial charge in [-0.2, -0.15) is 5.01 Å². The number of carbonyl (C=O) groups excluding carboxylic acids is 1. The second kappa shape index (κ2) is 6.92. The fourth-order valence-electron chi connectivity index (χ4n) is 3.99. The van der Waals surface area contributed by atoms with Crippen molar-refractivity contribution in [1.29, 1.82) is 0 Å². The number of nitrogens with zero attached hydrogens (tertiary/aromatic N) is 5. The van der Waals surface area contributed by atoms with Crippen molar-refractivity contribution in [2.45, 2.75) is 38.4 Å². The molecule has 0 bridgehead atoms. The Hall–Kier alpha value is -3.66. The number of nitrogens with one attached hydrogen (secondary N) is 2. The Morgan fingerprint density at radius 2 is 1.91 bits per heavy atom. The lowest BCUT2D eigenvalue weighted by Crippen LogP contribution is -2.47. The number of dihydropyridines is 1. The van der Waals surface area contributed by atoms with E-state index in [4.69, 9.17) is 4.74 Å². The minimum absolute atomic E-state index is 0.192. The summed E-state index contributed by atoms with van der Waals surface area (Å²) in [6, 6.07) is 7.67. The third-order valence-corrected chi connectivity index (χ3v) is 6.08. The average Bonchev–Trinajstić information content (AvgIpc) is 3.18. The number of ether oxygens (including phenoxy) is 1. The second-order valence-corrected chi connectivity index (χ2v) is 8.55. The molecule has 2 N–H and O–H groups in total. The van der Waals surface area contributed by atoms with Gasteiger partial charge in [-0.1, -0.05) is 12.1 Å². The number of hydrogen-bond acceptors (Lipinski definition) is 8. The molecule has 164 valence electrons. The Labute approximate surface area is 184 Å². The van der Waals surface area contributed by atoms with E-state index >= 15 is 0 Å². The van der Waals surface area contributed by atoms with Gasteiger partial charge in [-0.15, -0.1) is 10.2 Å². The van der Waals surface area contributed by atoms with Crippen molar-refractivity contribution in [2.75, 3.05) is 12.4 Å². The number of amides is 1. The fraction of sp³-hybridized carbons (Fsp3) is 0.318. The summed E-state index contributed by atoms with van der Waals surface area (Å²) in [5.74, 6) is 0.715. The maximum absolute atomic E-state index is 14.2. The van der Waals surface area contributed by atoms with E-state index < -0.39 is 16.9 Å². The summed E-state index contributed by atoms with van der Waals surface area (Å²) in [7, 11) is 1.62. The van der Waals surface area contributed by atoms with Crippen molar-refractivity contribution in [3.8, 4) is 5.75 Å². The maximum atomic E-state index is 14.2. The molecule has 1 aromatic carbocycles. The van der Waals surface area contributed by atoms with Gasteiger partial charge in [-0.05, 0) is 44.5 Å². The molecule has 1 amide bonds. The van der Waals surface area contributed by atoms with Gasteiger partial charge >= 0.3 is 0 Å². The molecule has 3 aliphatic heterocycles. The monoisotopic (exact) mass is 435 g/mol. The van der Waals surface area contributed by atoms with Crippen LogP contribution in [0.1, 0.15) is 37.9 Å². The highest BCUT2D eigenvalue weighted by Gasteiger charge is 2.46. The van der Waals surface area contributed by atoms with Crippen LogP contribution < -0.4 is 15.5 Å². The third-order valence-electron chi connectivity index (χ3n) is 6.08. The lowest BCUT2D eigenvalue weighted by Gasteiger charge is -2.33. The first-order valence-corrected chi connectivity index (χ1v) is 10.1. The minimum Gasteiger partial charge on any atom is -0.497 e. The van der Waals surface area contributed by atoms with E-state index in [0.29, 0.717) is 29.3 Å². The number of allylic oxidation sites excluding steroid dienone is 1. The van der Waals surface area contributed by atoms with Crippen LogP contribution in [-0.2, 0) is 16.8 Å². The van der Waals surface area contributed by atoms with Crippen LogP contribution in [0.15, 0.2) is 46.7 Å². The number of fused-ring (bicyclic) bond motifs is 2. The van der Waals surface area contributed by atoms with Gasteiger partial charge in [0.05, 0.1) is 18.7 Å². The molecule has 4 heterocycles. The number of rotatable bonds is 4. The fourth-order valence-corrected chi connectivity index (χ4v) is 3.99. The topological polar surface area (TPSA) is 105 Å². The molecule has 3 aliphatic rings. The number of aliphatic imine (C=N–C) groups is 1. The largest absolute Gasteiger partial charge is 0.497 e. The first kappa shape index (κ1) is 20.3. The third kappa shape index (κ3) is 2.98. The van der Waals surface area contributed by atoms with E-state index in [0.717, 1.165) is 11.3 Å². The van der Waals surface area contributed by atoms with Crippen LogP contribution in [0, 0.1) is 0 Å². The van der Waals surface area contributed by atoms with Gasteiger partial charge in [-0.3, -0.25) is 9.79 Å². The summed E-state index contributed by atoms with van der Waals surface area (Å²) in [6.45, 7) is 5.89. The molecular weight excluding hydrogens is 413 g/mol. The molecule has 0 aliphatic carbocycles. The number of aromatic nitrogens is 3. The number of hydrogen-bond donors (Lipinski definition) is 2. The summed E-state index contributed by atoms with van der Waals surface area (Å²) in [6.07, 6.45) is 2.63. The Bertz CT molecular complexity index is 1220. The Morgan fingerprint density at radius 3 is 2.62 bits per heavy atom. The number of methoxy groups -OCH3 is 1. The van der Waals surface area contributed by atoms with Gasteiger partial charge in [0.15, 0.2) is 11.5 Å². The smallest absolute Gasteiger partial charge is 0.237 e. The lowest BCUT2D eigenvalue weighted by molar-refractivity contribution is -0.119. The number of carbonyl (C=O) groups is 1. The molecule has 1 atom stereocenters. The van der Waals surface area contributed by atoms with Gasteiger partial charge in [0, 0.05) is 12.1 Å². The minimum atomic E-state index is -0.879. The highest BCUT2D eigenvalue weighted by Crippen LogP contribution is 2.41. The number of halogens is 1. The summed E-state index contributed by atoms with van der Waals surface area (Å²) in [5, 5.41) is 13.2. The second-order valence-electron chi connectivity index (χ2n) is 8.55. The Kier molecular flexibility index (Phi) is 4.38. The molecule has 0 spiro atoms. The molecular formula is C22H22FN7O2. The van der Waals surface area contributed by atoms with Gasteiger partial charge in [-0.25, -0.2) is 9.37 Å². The van der Waals surface area contributed by atoms with Crippen LogP contribution in [0.5, 0.6) is 5.75 Å². The van der Waals surface area contributed by atoms with Gasteiger partial charge in [0.2, 0.25) is 11.7 Å². The van der Waals surface area contributed by atoms with E-state index in [1.807, 2.05) is 36.2 Å². The molecule has 5 rings (SSSR count). The Balaban J connectivity index is 1.53. The quantitative estimate of drug-likeness (QED) is 0.760. The highest BCUT2D eigenvalue weighted by molar-refractivity contribution is 6.04. The summed E-state index contributed by atoms with van der Waals surface area (Å²) in [5.41, 5.74) is 4.15. The molecule has 0 fully saturated rings. The average molecular weight is 435 g/mol. The van der Waals surface area contributed by atoms with Crippen LogP contribution >= 0.6 is 0 Å². The summed E-state index contributed by atoms with van der Waals surface area (Å²) in [4.78, 5) is 21.3. The predicted octanol–water partition coefficient (Wildman–Crippen LogP) is 2.50. The zero-order valence-corrected chi connectivity index (χ0v) is 18.1. The van der Waals surface area contributed by atoms with Crippen LogP contribution in [0.4, 0.5) is 10.2 Å². The van der Waals surface area contributed by atoms with E-state index in [-0.39, 0.29) is 11.7 Å². The molecule has 0 radical (unpaired) electrons. The van der Waals surface area contributed by atoms with E-state index in [9.17, 15) is 9.18 Å². The van der Waals surface area contributed by atoms with Gasteiger partial charge < -0.3 is 15.5 Å². The van der Waals surface area contributed by atoms with Crippen LogP contribution in [0.25, 0.3) is 5.70 Å². The van der Waals surface area contributed by atoms with Crippen molar-refractivity contribution in [3.05, 3.63) is 58.8 Å². The van der Waals surface area contributed by atoms with Crippen molar-refractivity contribution in [1.82, 2.24) is 25.6 Å². The van der Waals surface area contributed by atoms with Gasteiger partial charge in [0.25, 0.3) is 0 Å². The normalized spacial score (nSPS) is 23.4. The van der Waals surface area contributed by atoms with E-state index in [2.05, 4.69) is 30.9 Å². The number of anilines is 1. The Morgan fingerprint density at radius 1 is 1.16 bits per heavy atom. The molecule has 1 unspecified atom stereocenters. The van der Waals surface area contributed by atoms with Crippen molar-refractivity contribution in [2.24, 2.45) is 4.99 Å². The molecule has 2 aromatic rings. The van der Waals surface area contributed by atoms with E-state index in [1.165, 1.54) is 12.3 Å². The first-order chi connectivity index (χ1) is 15.2. The number of benzene rings is 1. The summed E-state index contributed by atoms with van der Waals surface area (Å²) < 4.78 is 19.4. The van der Waals surface area contributed by atoms with Gasteiger partial charge in [0.1, 0.15) is 23.0 Å². The first-order valence-electron chi connectivity index (χ1n) is 10.1. The van der Waals surface area contributed by atoms with Crippen molar-refractivity contribution < 1.29 is 13.9 Å². The number of hydrazine groups is 1. The molecule has 0 saturated heterocycles. The van der Waals surface area contributed by atoms with Crippen LogP contribution in [0.2, 0.25) is 0 Å². The standard InChI is InChI=1S/C22H22FN7O2/c1-21(2)17-19(26-20(21)31)25-18(28-27-17)16-15-9-13(23)10-24-22(15,3)30(29-16)11-12-5-7-14(32-4)8-6-12/h5-10,29H,11H2,1-4H3,(H,25,26,28,31). The summed E-state index contributed by atoms with van der Waals surface area (Å²) >= 11 is 0. The van der Waals surface area contributed by atoms with E-state index in [1.54, 1.807) is 21.0 Å². The molecule has 0 saturated carbocycles. The zero-order chi connectivity index (χ0) is 22.7. The molecule has 1 aromatic heterocycles. The predicted molar refractivity (Wildman–Crippen MR) is 116 cm³/mol. The maximum Gasteiger partial charge on any atom is 0.237 e. The highest BCUT2D eigenvalue weighted by atomic mass is 19.1. The van der Waals surface area contributed by atoms with Crippen LogP contribution in [0.3, 0.4) is 0 Å². The molecule has 9 nitrogen and oxygen atoms in total. The van der Waals surface area contributed by atoms with Crippen molar-refractivity contribution in [3.63, 3.8) is 0 Å².